The van der Waals surface area contributed by atoms with Crippen molar-refractivity contribution in [3.63, 3.8) is 0 Å². The van der Waals surface area contributed by atoms with Gasteiger partial charge in [-0.25, -0.2) is 13.6 Å². The number of hydrogen-bond acceptors (Lipinski definition) is 2. The van der Waals surface area contributed by atoms with E-state index in [-0.39, 0.29) is 23.5 Å². The second-order valence-electron chi connectivity index (χ2n) is 7.56. The number of rotatable bonds is 6. The number of amides is 1. The zero-order valence-corrected chi connectivity index (χ0v) is 14.9. The molecule has 0 aliphatic heterocycles. The van der Waals surface area contributed by atoms with Crippen LogP contribution >= 0.6 is 11.8 Å². The van der Waals surface area contributed by atoms with Crippen LogP contribution in [0.1, 0.15) is 59.8 Å². The molecule has 0 saturated heterocycles. The first kappa shape index (κ1) is 19.5. The lowest BCUT2D eigenvalue weighted by Crippen LogP contribution is -2.38. The molecule has 1 aliphatic rings. The fourth-order valence-electron chi connectivity index (χ4n) is 2.70. The molecule has 6 heteroatoms. The van der Waals surface area contributed by atoms with Gasteiger partial charge in [0, 0.05) is 36.4 Å². The largest absolute Gasteiger partial charge is 0.465 e. The minimum atomic E-state index is -2.48. The Labute approximate surface area is 136 Å². The van der Waals surface area contributed by atoms with Gasteiger partial charge >= 0.3 is 6.09 Å². The van der Waals surface area contributed by atoms with Crippen LogP contribution in [0.4, 0.5) is 13.6 Å². The van der Waals surface area contributed by atoms with Gasteiger partial charge in [-0.3, -0.25) is 0 Å². The number of carbonyl (C=O) groups is 1. The van der Waals surface area contributed by atoms with Crippen molar-refractivity contribution in [2.24, 2.45) is 5.41 Å². The molecule has 22 heavy (non-hydrogen) atoms. The normalized spacial score (nSPS) is 20.6. The number of nitrogens with zero attached hydrogens (tertiary/aromatic N) is 1. The van der Waals surface area contributed by atoms with E-state index in [0.29, 0.717) is 31.2 Å². The van der Waals surface area contributed by atoms with Gasteiger partial charge in [0.15, 0.2) is 0 Å². The Hall–Kier alpha value is -0.520. The van der Waals surface area contributed by atoms with Gasteiger partial charge in [0.05, 0.1) is 0 Å². The predicted octanol–water partition coefficient (Wildman–Crippen LogP) is 5.10. The van der Waals surface area contributed by atoms with Crippen LogP contribution in [-0.2, 0) is 0 Å². The molecule has 0 radical (unpaired) electrons. The van der Waals surface area contributed by atoms with Crippen molar-refractivity contribution >= 4 is 17.9 Å². The van der Waals surface area contributed by atoms with Crippen LogP contribution in [0.5, 0.6) is 0 Å². The third-order valence-corrected chi connectivity index (χ3v) is 5.39. The Morgan fingerprint density at radius 2 is 1.91 bits per heavy atom. The summed E-state index contributed by atoms with van der Waals surface area (Å²) in [4.78, 5) is 12.8. The quantitative estimate of drug-likeness (QED) is 0.733. The average Bonchev–Trinajstić information content (AvgIpc) is 2.35. The van der Waals surface area contributed by atoms with Crippen molar-refractivity contribution in [1.82, 2.24) is 4.90 Å². The predicted molar refractivity (Wildman–Crippen MR) is 87.9 cm³/mol. The van der Waals surface area contributed by atoms with Crippen molar-refractivity contribution in [2.45, 2.75) is 76.2 Å². The van der Waals surface area contributed by atoms with Gasteiger partial charge in [-0.2, -0.15) is 11.8 Å². The van der Waals surface area contributed by atoms with E-state index < -0.39 is 12.0 Å². The number of hydrogen-bond donors (Lipinski definition) is 1. The van der Waals surface area contributed by atoms with Gasteiger partial charge in [-0.15, -0.1) is 0 Å². The van der Waals surface area contributed by atoms with Crippen LogP contribution in [-0.4, -0.2) is 45.6 Å². The molecule has 1 unspecified atom stereocenters. The Kier molecular flexibility index (Phi) is 6.96. The Balaban J connectivity index is 2.35. The molecule has 1 atom stereocenters. The van der Waals surface area contributed by atoms with Gasteiger partial charge in [-0.1, -0.05) is 27.7 Å². The Morgan fingerprint density at radius 3 is 2.36 bits per heavy atom. The molecule has 1 fully saturated rings. The van der Waals surface area contributed by atoms with E-state index in [0.717, 1.165) is 6.42 Å². The summed E-state index contributed by atoms with van der Waals surface area (Å²) in [5, 5.41) is 9.84. The molecule has 1 saturated carbocycles. The van der Waals surface area contributed by atoms with Gasteiger partial charge < -0.3 is 10.0 Å². The van der Waals surface area contributed by atoms with Gasteiger partial charge in [-0.05, 0) is 24.7 Å². The van der Waals surface area contributed by atoms with Crippen LogP contribution in [0.2, 0.25) is 0 Å². The van der Waals surface area contributed by atoms with Crippen LogP contribution in [0.3, 0.4) is 0 Å². The lowest BCUT2D eigenvalue weighted by atomic mass is 9.96. The first-order valence-corrected chi connectivity index (χ1v) is 8.94. The van der Waals surface area contributed by atoms with E-state index in [4.69, 9.17) is 0 Å². The van der Waals surface area contributed by atoms with E-state index in [1.54, 1.807) is 11.8 Å². The Morgan fingerprint density at radius 1 is 1.36 bits per heavy atom. The van der Waals surface area contributed by atoms with Crippen molar-refractivity contribution < 1.29 is 18.7 Å². The maximum atomic E-state index is 13.1. The van der Waals surface area contributed by atoms with Crippen molar-refractivity contribution in [3.05, 3.63) is 0 Å². The topological polar surface area (TPSA) is 40.5 Å². The maximum Gasteiger partial charge on any atom is 0.407 e. The summed E-state index contributed by atoms with van der Waals surface area (Å²) in [7, 11) is 0. The van der Waals surface area contributed by atoms with Gasteiger partial charge in [0.1, 0.15) is 0 Å². The molecule has 0 bridgehead atoms. The van der Waals surface area contributed by atoms with Crippen LogP contribution < -0.4 is 0 Å². The molecule has 130 valence electrons. The fourth-order valence-corrected chi connectivity index (χ4v) is 4.11. The van der Waals surface area contributed by atoms with Crippen molar-refractivity contribution in [1.29, 1.82) is 0 Å². The Bertz CT molecular complexity index is 362. The molecule has 0 aromatic heterocycles. The molecule has 1 N–H and O–H groups in total. The molecule has 0 aromatic carbocycles. The zero-order chi connectivity index (χ0) is 17.0. The monoisotopic (exact) mass is 337 g/mol. The summed E-state index contributed by atoms with van der Waals surface area (Å²) in [5.41, 5.74) is -0.0658. The molecule has 0 aromatic rings. The molecule has 0 heterocycles. The van der Waals surface area contributed by atoms with Crippen molar-refractivity contribution in [2.75, 3.05) is 13.1 Å². The van der Waals surface area contributed by atoms with Crippen LogP contribution in [0.25, 0.3) is 0 Å². The molecular weight excluding hydrogens is 308 g/mol. The van der Waals surface area contributed by atoms with E-state index in [1.165, 1.54) is 4.90 Å². The summed E-state index contributed by atoms with van der Waals surface area (Å²) < 4.78 is 26.3. The second kappa shape index (κ2) is 7.84. The van der Waals surface area contributed by atoms with Crippen LogP contribution in [0.15, 0.2) is 0 Å². The van der Waals surface area contributed by atoms with Crippen molar-refractivity contribution in [3.8, 4) is 0 Å². The first-order valence-electron chi connectivity index (χ1n) is 8.00. The minimum Gasteiger partial charge on any atom is -0.465 e. The summed E-state index contributed by atoms with van der Waals surface area (Å²) in [6.45, 7) is 9.13. The fraction of sp³-hybridized carbons (Fsp3) is 0.938. The molecule has 1 rings (SSSR count). The zero-order valence-electron chi connectivity index (χ0n) is 14.1. The van der Waals surface area contributed by atoms with Gasteiger partial charge in [0.25, 0.3) is 0 Å². The van der Waals surface area contributed by atoms with E-state index in [9.17, 15) is 18.7 Å². The summed E-state index contributed by atoms with van der Waals surface area (Å²) >= 11 is 1.74. The number of halogens is 2. The molecule has 3 nitrogen and oxygen atoms in total. The SMILES string of the molecule is CC(CCN(CC(C)(C)C)C(=O)O)SC1CCC(F)(F)CC1. The lowest BCUT2D eigenvalue weighted by molar-refractivity contribution is -0.0324. The summed E-state index contributed by atoms with van der Waals surface area (Å²) in [6, 6.07) is 0. The van der Waals surface area contributed by atoms with E-state index in [2.05, 4.69) is 6.92 Å². The second-order valence-corrected chi connectivity index (χ2v) is 9.30. The lowest BCUT2D eigenvalue weighted by Gasteiger charge is -2.31. The number of carboxylic acid groups (broad SMARTS) is 1. The third-order valence-electron chi connectivity index (χ3n) is 3.83. The average molecular weight is 337 g/mol. The number of thioether (sulfide) groups is 1. The first-order chi connectivity index (χ1) is 9.98. The van der Waals surface area contributed by atoms with Gasteiger partial charge in [0.2, 0.25) is 5.92 Å². The minimum absolute atomic E-state index is 0.0112. The molecular formula is C16H29F2NO2S. The highest BCUT2D eigenvalue weighted by molar-refractivity contribution is 8.00. The van der Waals surface area contributed by atoms with E-state index >= 15 is 0 Å². The maximum absolute atomic E-state index is 13.1. The third kappa shape index (κ3) is 7.65. The summed E-state index contributed by atoms with van der Waals surface area (Å²) in [5.74, 6) is -2.48. The molecule has 1 amide bonds. The van der Waals surface area contributed by atoms with E-state index in [1.807, 2.05) is 20.8 Å². The highest BCUT2D eigenvalue weighted by Gasteiger charge is 2.35. The highest BCUT2D eigenvalue weighted by atomic mass is 32.2. The number of alkyl halides is 2. The summed E-state index contributed by atoms with van der Waals surface area (Å²) in [6.07, 6.45) is 0.981. The standard InChI is InChI=1S/C16H29F2NO2S/c1-12(22-13-5-8-16(17,18)9-6-13)7-10-19(14(20)21)11-15(2,3)4/h12-13H,5-11H2,1-4H3,(H,20,21). The molecule has 0 spiro atoms. The highest BCUT2D eigenvalue weighted by Crippen LogP contribution is 2.39. The molecule has 1 aliphatic carbocycles. The van der Waals surface area contributed by atoms with Crippen LogP contribution in [0, 0.1) is 5.41 Å². The smallest absolute Gasteiger partial charge is 0.407 e.